The van der Waals surface area contributed by atoms with Crippen LogP contribution in [0.4, 0.5) is 4.39 Å². The van der Waals surface area contributed by atoms with Gasteiger partial charge in [0.05, 0.1) is 16.3 Å². The summed E-state index contributed by atoms with van der Waals surface area (Å²) in [4.78, 5) is 0.162. The van der Waals surface area contributed by atoms with Gasteiger partial charge in [0, 0.05) is 17.9 Å². The molecule has 0 saturated carbocycles. The van der Waals surface area contributed by atoms with Crippen LogP contribution in [0.5, 0.6) is 0 Å². The molecule has 0 aliphatic rings. The molecule has 0 spiro atoms. The Morgan fingerprint density at radius 1 is 1.12 bits per heavy atom. The van der Waals surface area contributed by atoms with E-state index in [1.54, 1.807) is 43.3 Å². The van der Waals surface area contributed by atoms with Gasteiger partial charge in [0.2, 0.25) is 0 Å². The molecule has 0 aliphatic carbocycles. The molecule has 1 heterocycles. The van der Waals surface area contributed by atoms with Crippen molar-refractivity contribution >= 4 is 21.4 Å². The van der Waals surface area contributed by atoms with Crippen LogP contribution in [-0.2, 0) is 9.84 Å². The van der Waals surface area contributed by atoms with Crippen molar-refractivity contribution < 1.29 is 12.8 Å². The normalized spacial score (nSPS) is 11.7. The number of halogens is 2. The molecule has 3 aromatic rings. The SMILES string of the molecule is Cc1ccc(-n2nc(Cl)cc2-c2ccccc2S(C)(=O)=O)cc1F. The fourth-order valence-electron chi connectivity index (χ4n) is 2.46. The molecule has 0 atom stereocenters. The third-order valence-electron chi connectivity index (χ3n) is 3.64. The van der Waals surface area contributed by atoms with E-state index >= 15 is 0 Å². The van der Waals surface area contributed by atoms with Crippen molar-refractivity contribution in [2.24, 2.45) is 0 Å². The fraction of sp³-hybridized carbons (Fsp3) is 0.118. The van der Waals surface area contributed by atoms with E-state index in [9.17, 15) is 12.8 Å². The third kappa shape index (κ3) is 3.07. The molecular weight excluding hydrogens is 351 g/mol. The molecular formula is C17H14ClFN2O2S. The number of nitrogens with zero attached hydrogens (tertiary/aromatic N) is 2. The molecule has 0 aliphatic heterocycles. The van der Waals surface area contributed by atoms with Gasteiger partial charge in [-0.25, -0.2) is 17.5 Å². The van der Waals surface area contributed by atoms with Crippen molar-refractivity contribution in [3.05, 3.63) is 65.1 Å². The van der Waals surface area contributed by atoms with Crippen LogP contribution in [0.15, 0.2) is 53.4 Å². The van der Waals surface area contributed by atoms with E-state index < -0.39 is 9.84 Å². The third-order valence-corrected chi connectivity index (χ3v) is 4.98. The Bertz CT molecular complexity index is 1030. The van der Waals surface area contributed by atoms with E-state index in [4.69, 9.17) is 11.6 Å². The zero-order chi connectivity index (χ0) is 17.5. The Morgan fingerprint density at radius 3 is 2.50 bits per heavy atom. The second-order valence-electron chi connectivity index (χ2n) is 5.47. The van der Waals surface area contributed by atoms with Crippen LogP contribution in [0.25, 0.3) is 16.9 Å². The Kier molecular flexibility index (Phi) is 4.19. The van der Waals surface area contributed by atoms with E-state index in [2.05, 4.69) is 5.10 Å². The largest absolute Gasteiger partial charge is 0.231 e. The zero-order valence-corrected chi connectivity index (χ0v) is 14.6. The van der Waals surface area contributed by atoms with Gasteiger partial charge in [0.15, 0.2) is 15.0 Å². The van der Waals surface area contributed by atoms with E-state index in [0.29, 0.717) is 22.5 Å². The van der Waals surface area contributed by atoms with Crippen molar-refractivity contribution in [1.82, 2.24) is 9.78 Å². The van der Waals surface area contributed by atoms with Gasteiger partial charge in [0.25, 0.3) is 0 Å². The summed E-state index contributed by atoms with van der Waals surface area (Å²) in [5.74, 6) is -0.374. The van der Waals surface area contributed by atoms with Crippen molar-refractivity contribution in [3.8, 4) is 16.9 Å². The highest BCUT2D eigenvalue weighted by atomic mass is 35.5. The van der Waals surface area contributed by atoms with Gasteiger partial charge in [-0.1, -0.05) is 35.9 Å². The molecule has 0 radical (unpaired) electrons. The second-order valence-corrected chi connectivity index (χ2v) is 7.84. The van der Waals surface area contributed by atoms with Gasteiger partial charge in [-0.3, -0.25) is 0 Å². The van der Waals surface area contributed by atoms with Gasteiger partial charge in [-0.15, -0.1) is 0 Å². The smallest absolute Gasteiger partial charge is 0.176 e. The minimum Gasteiger partial charge on any atom is -0.231 e. The predicted octanol–water partition coefficient (Wildman–Crippen LogP) is 4.04. The number of aromatic nitrogens is 2. The lowest BCUT2D eigenvalue weighted by atomic mass is 10.1. The summed E-state index contributed by atoms with van der Waals surface area (Å²) in [5, 5.41) is 4.36. The van der Waals surface area contributed by atoms with Crippen LogP contribution in [0.2, 0.25) is 5.15 Å². The maximum atomic E-state index is 13.9. The highest BCUT2D eigenvalue weighted by molar-refractivity contribution is 7.90. The van der Waals surface area contributed by atoms with Crippen LogP contribution >= 0.6 is 11.6 Å². The number of hydrogen-bond acceptors (Lipinski definition) is 3. The fourth-order valence-corrected chi connectivity index (χ4v) is 3.53. The summed E-state index contributed by atoms with van der Waals surface area (Å²) >= 11 is 6.03. The molecule has 7 heteroatoms. The van der Waals surface area contributed by atoms with Crippen LogP contribution < -0.4 is 0 Å². The topological polar surface area (TPSA) is 52.0 Å². The van der Waals surface area contributed by atoms with Crippen LogP contribution in [0.3, 0.4) is 0 Å². The summed E-state index contributed by atoms with van der Waals surface area (Å²) in [6.07, 6.45) is 1.14. The second kappa shape index (κ2) is 6.03. The van der Waals surface area contributed by atoms with Crippen LogP contribution in [-0.4, -0.2) is 24.5 Å². The minimum absolute atomic E-state index is 0.162. The van der Waals surface area contributed by atoms with Gasteiger partial charge >= 0.3 is 0 Å². The van der Waals surface area contributed by atoms with Crippen LogP contribution in [0.1, 0.15) is 5.56 Å². The van der Waals surface area contributed by atoms with Crippen molar-refractivity contribution in [2.45, 2.75) is 11.8 Å². The summed E-state index contributed by atoms with van der Waals surface area (Å²) in [6, 6.07) is 12.8. The standard InChI is InChI=1S/C17H14ClFN2O2S/c1-11-7-8-12(9-14(11)19)21-15(10-17(18)20-21)13-5-3-4-6-16(13)24(2,22)23/h3-10H,1-2H3. The zero-order valence-electron chi connectivity index (χ0n) is 13.0. The first-order valence-corrected chi connectivity index (χ1v) is 9.36. The number of rotatable bonds is 3. The monoisotopic (exact) mass is 364 g/mol. The molecule has 24 heavy (non-hydrogen) atoms. The van der Waals surface area contributed by atoms with Gasteiger partial charge in [0.1, 0.15) is 5.82 Å². The molecule has 0 bridgehead atoms. The summed E-state index contributed by atoms with van der Waals surface area (Å²) in [5.41, 5.74) is 1.91. The summed E-state index contributed by atoms with van der Waals surface area (Å²) in [7, 11) is -3.44. The molecule has 124 valence electrons. The van der Waals surface area contributed by atoms with Gasteiger partial charge < -0.3 is 0 Å². The highest BCUT2D eigenvalue weighted by Crippen LogP contribution is 2.31. The molecule has 2 aromatic carbocycles. The number of hydrogen-bond donors (Lipinski definition) is 0. The molecule has 0 fully saturated rings. The van der Waals surface area contributed by atoms with Crippen molar-refractivity contribution in [2.75, 3.05) is 6.26 Å². The molecule has 0 N–H and O–H groups in total. The van der Waals surface area contributed by atoms with Crippen molar-refractivity contribution in [1.29, 1.82) is 0 Å². The lowest BCUT2D eigenvalue weighted by Crippen LogP contribution is -2.04. The molecule has 4 nitrogen and oxygen atoms in total. The average Bonchev–Trinajstić information content (AvgIpc) is 2.91. The lowest BCUT2D eigenvalue weighted by Gasteiger charge is -2.11. The predicted molar refractivity (Wildman–Crippen MR) is 91.8 cm³/mol. The first-order chi connectivity index (χ1) is 11.3. The Balaban J connectivity index is 2.27. The first kappa shape index (κ1) is 16.7. The number of aryl methyl sites for hydroxylation is 1. The Labute approximate surface area is 144 Å². The number of sulfone groups is 1. The van der Waals surface area contributed by atoms with E-state index in [1.165, 1.54) is 16.8 Å². The van der Waals surface area contributed by atoms with E-state index in [1.807, 2.05) is 0 Å². The van der Waals surface area contributed by atoms with E-state index in [0.717, 1.165) is 6.26 Å². The number of benzene rings is 2. The molecule has 0 saturated heterocycles. The van der Waals surface area contributed by atoms with Crippen LogP contribution in [0, 0.1) is 12.7 Å². The van der Waals surface area contributed by atoms with E-state index in [-0.39, 0.29) is 15.9 Å². The maximum absolute atomic E-state index is 13.9. The highest BCUT2D eigenvalue weighted by Gasteiger charge is 2.19. The molecule has 3 rings (SSSR count). The quantitative estimate of drug-likeness (QED) is 0.704. The van der Waals surface area contributed by atoms with Gasteiger partial charge in [-0.05, 0) is 30.7 Å². The van der Waals surface area contributed by atoms with Gasteiger partial charge in [-0.2, -0.15) is 5.10 Å². The molecule has 1 aromatic heterocycles. The minimum atomic E-state index is -3.44. The maximum Gasteiger partial charge on any atom is 0.176 e. The lowest BCUT2D eigenvalue weighted by molar-refractivity contribution is 0.602. The summed E-state index contributed by atoms with van der Waals surface area (Å²) < 4.78 is 39.5. The first-order valence-electron chi connectivity index (χ1n) is 7.09. The Morgan fingerprint density at radius 2 is 1.83 bits per heavy atom. The summed E-state index contributed by atoms with van der Waals surface area (Å²) in [6.45, 7) is 1.66. The Hall–Kier alpha value is -2.18. The molecule has 0 amide bonds. The van der Waals surface area contributed by atoms with Crippen molar-refractivity contribution in [3.63, 3.8) is 0 Å². The molecule has 0 unspecified atom stereocenters. The average molecular weight is 365 g/mol.